The number of benzene rings is 1. The fourth-order valence-electron chi connectivity index (χ4n) is 2.06. The third-order valence-electron chi connectivity index (χ3n) is 3.18. The van der Waals surface area contributed by atoms with Gasteiger partial charge in [0, 0.05) is 0 Å². The van der Waals surface area contributed by atoms with Gasteiger partial charge in [0.2, 0.25) is 0 Å². The summed E-state index contributed by atoms with van der Waals surface area (Å²) >= 11 is 0. The number of carbonyl (C=O) groups is 1. The van der Waals surface area contributed by atoms with Crippen molar-refractivity contribution in [3.8, 4) is 11.1 Å². The molecule has 2 aromatic rings. The minimum atomic E-state index is -0.749. The summed E-state index contributed by atoms with van der Waals surface area (Å²) in [6.45, 7) is 3.45. The van der Waals surface area contributed by atoms with E-state index in [1.54, 1.807) is 6.92 Å². The maximum Gasteiger partial charge on any atom is 0.356 e. The number of carbonyl (C=O) groups excluding carboxylic acids is 1. The molecule has 1 atom stereocenters. The van der Waals surface area contributed by atoms with Gasteiger partial charge in [-0.2, -0.15) is 0 Å². The molecule has 0 aliphatic heterocycles. The van der Waals surface area contributed by atoms with E-state index in [0.29, 0.717) is 5.69 Å². The summed E-state index contributed by atoms with van der Waals surface area (Å²) in [4.78, 5) is 16.0. The molecule has 2 rings (SSSR count). The van der Waals surface area contributed by atoms with E-state index >= 15 is 0 Å². The molecule has 0 saturated carbocycles. The zero-order valence-corrected chi connectivity index (χ0v) is 11.8. The minimum absolute atomic E-state index is 0.241. The van der Waals surface area contributed by atoms with Crippen molar-refractivity contribution in [2.24, 2.45) is 0 Å². The monoisotopic (exact) mass is 271 g/mol. The Balaban J connectivity index is 2.67. The number of aliphatic hydroxyl groups is 1. The van der Waals surface area contributed by atoms with Crippen LogP contribution in [0.15, 0.2) is 36.4 Å². The smallest absolute Gasteiger partial charge is 0.356 e. The molecule has 0 bridgehead atoms. The molecule has 104 valence electrons. The van der Waals surface area contributed by atoms with E-state index in [1.165, 1.54) is 7.11 Å². The molecule has 0 radical (unpaired) electrons. The average Bonchev–Trinajstić information content (AvgIpc) is 2.47. The van der Waals surface area contributed by atoms with Crippen LogP contribution >= 0.6 is 0 Å². The molecule has 0 amide bonds. The van der Waals surface area contributed by atoms with Gasteiger partial charge in [-0.1, -0.05) is 30.3 Å². The molecule has 4 heteroatoms. The fourth-order valence-corrected chi connectivity index (χ4v) is 2.06. The van der Waals surface area contributed by atoms with Gasteiger partial charge in [0.15, 0.2) is 5.69 Å². The van der Waals surface area contributed by atoms with Gasteiger partial charge in [-0.3, -0.25) is 0 Å². The van der Waals surface area contributed by atoms with E-state index in [0.717, 1.165) is 16.7 Å². The summed E-state index contributed by atoms with van der Waals surface area (Å²) in [5.74, 6) is -0.498. The maximum atomic E-state index is 11.8. The van der Waals surface area contributed by atoms with Gasteiger partial charge < -0.3 is 9.84 Å². The van der Waals surface area contributed by atoms with E-state index in [4.69, 9.17) is 4.74 Å². The number of methoxy groups -OCH3 is 1. The zero-order valence-electron chi connectivity index (χ0n) is 11.8. The molecule has 1 N–H and O–H groups in total. The molecular formula is C16H17NO3. The van der Waals surface area contributed by atoms with Crippen molar-refractivity contribution in [2.75, 3.05) is 7.11 Å². The highest BCUT2D eigenvalue weighted by Crippen LogP contribution is 2.28. The van der Waals surface area contributed by atoms with Crippen LogP contribution in [0.25, 0.3) is 11.1 Å². The van der Waals surface area contributed by atoms with E-state index in [-0.39, 0.29) is 5.69 Å². The Morgan fingerprint density at radius 2 is 1.95 bits per heavy atom. The predicted octanol–water partition coefficient (Wildman–Crippen LogP) is 2.90. The maximum absolute atomic E-state index is 11.8. The quantitative estimate of drug-likeness (QED) is 0.872. The van der Waals surface area contributed by atoms with Crippen molar-refractivity contribution in [2.45, 2.75) is 20.0 Å². The van der Waals surface area contributed by atoms with Crippen LogP contribution in [-0.2, 0) is 4.74 Å². The minimum Gasteiger partial charge on any atom is -0.464 e. The van der Waals surface area contributed by atoms with Gasteiger partial charge in [0.05, 0.1) is 18.9 Å². The third-order valence-corrected chi connectivity index (χ3v) is 3.18. The molecule has 4 nitrogen and oxygen atoms in total. The highest BCUT2D eigenvalue weighted by Gasteiger charge is 2.18. The second-order valence-corrected chi connectivity index (χ2v) is 4.60. The standard InChI is InChI=1S/C16H17NO3/c1-10-13(12-7-5-4-6-8-12)9-14(11(2)18)17-15(10)16(19)20-3/h4-9,11,18H,1-3H3/t11-/m1/s1. The summed E-state index contributed by atoms with van der Waals surface area (Å²) in [6.07, 6.45) is -0.749. The van der Waals surface area contributed by atoms with Gasteiger partial charge in [0.25, 0.3) is 0 Å². The van der Waals surface area contributed by atoms with E-state index < -0.39 is 12.1 Å². The molecular weight excluding hydrogens is 254 g/mol. The number of aromatic nitrogens is 1. The molecule has 0 spiro atoms. The van der Waals surface area contributed by atoms with Gasteiger partial charge in [-0.15, -0.1) is 0 Å². The normalized spacial score (nSPS) is 12.0. The zero-order chi connectivity index (χ0) is 14.7. The fraction of sp³-hybridized carbons (Fsp3) is 0.250. The topological polar surface area (TPSA) is 59.4 Å². The van der Waals surface area contributed by atoms with Crippen LogP contribution in [0.1, 0.15) is 34.8 Å². The van der Waals surface area contributed by atoms with Crippen molar-refractivity contribution in [3.05, 3.63) is 53.3 Å². The molecule has 1 aromatic heterocycles. The lowest BCUT2D eigenvalue weighted by Crippen LogP contribution is -2.11. The molecule has 0 saturated heterocycles. The van der Waals surface area contributed by atoms with Crippen molar-refractivity contribution in [1.29, 1.82) is 0 Å². The van der Waals surface area contributed by atoms with Gasteiger partial charge in [0.1, 0.15) is 0 Å². The number of nitrogens with zero attached hydrogens (tertiary/aromatic N) is 1. The van der Waals surface area contributed by atoms with Crippen LogP contribution in [0.3, 0.4) is 0 Å². The number of ether oxygens (including phenoxy) is 1. The lowest BCUT2D eigenvalue weighted by Gasteiger charge is -2.14. The van der Waals surface area contributed by atoms with Crippen LogP contribution in [-0.4, -0.2) is 23.2 Å². The first-order valence-electron chi connectivity index (χ1n) is 6.38. The van der Waals surface area contributed by atoms with Crippen molar-refractivity contribution in [3.63, 3.8) is 0 Å². The molecule has 0 unspecified atom stereocenters. The van der Waals surface area contributed by atoms with E-state index in [1.807, 2.05) is 43.3 Å². The Kier molecular flexibility index (Phi) is 4.15. The molecule has 20 heavy (non-hydrogen) atoms. The summed E-state index contributed by atoms with van der Waals surface area (Å²) < 4.78 is 4.76. The Labute approximate surface area is 118 Å². The Hall–Kier alpha value is -2.20. The summed E-state index contributed by atoms with van der Waals surface area (Å²) in [5.41, 5.74) is 3.28. The molecule has 1 heterocycles. The number of esters is 1. The molecule has 0 aliphatic carbocycles. The number of hydrogen-bond acceptors (Lipinski definition) is 4. The molecule has 0 fully saturated rings. The molecule has 0 aliphatic rings. The SMILES string of the molecule is COC(=O)c1nc([C@@H](C)O)cc(-c2ccccc2)c1C. The summed E-state index contributed by atoms with van der Waals surface area (Å²) in [7, 11) is 1.32. The Bertz CT molecular complexity index is 621. The van der Waals surface area contributed by atoms with Crippen LogP contribution < -0.4 is 0 Å². The highest BCUT2D eigenvalue weighted by atomic mass is 16.5. The van der Waals surface area contributed by atoms with Gasteiger partial charge in [-0.25, -0.2) is 9.78 Å². The second-order valence-electron chi connectivity index (χ2n) is 4.60. The average molecular weight is 271 g/mol. The number of hydrogen-bond donors (Lipinski definition) is 1. The van der Waals surface area contributed by atoms with Crippen LogP contribution in [0.4, 0.5) is 0 Å². The van der Waals surface area contributed by atoms with E-state index in [2.05, 4.69) is 4.98 Å². The van der Waals surface area contributed by atoms with Crippen LogP contribution in [0.2, 0.25) is 0 Å². The van der Waals surface area contributed by atoms with Gasteiger partial charge >= 0.3 is 5.97 Å². The first-order valence-corrected chi connectivity index (χ1v) is 6.38. The third kappa shape index (κ3) is 2.70. The number of rotatable bonds is 3. The lowest BCUT2D eigenvalue weighted by atomic mass is 9.98. The second kappa shape index (κ2) is 5.84. The number of pyridine rings is 1. The first kappa shape index (κ1) is 14.2. The lowest BCUT2D eigenvalue weighted by molar-refractivity contribution is 0.0592. The molecule has 1 aromatic carbocycles. The Morgan fingerprint density at radius 3 is 2.50 bits per heavy atom. The van der Waals surface area contributed by atoms with Crippen molar-refractivity contribution >= 4 is 5.97 Å². The summed E-state index contributed by atoms with van der Waals surface area (Å²) in [5, 5.41) is 9.75. The number of aliphatic hydroxyl groups excluding tert-OH is 1. The van der Waals surface area contributed by atoms with Crippen LogP contribution in [0, 0.1) is 6.92 Å². The Morgan fingerprint density at radius 1 is 1.30 bits per heavy atom. The van der Waals surface area contributed by atoms with E-state index in [9.17, 15) is 9.90 Å². The van der Waals surface area contributed by atoms with Crippen molar-refractivity contribution in [1.82, 2.24) is 4.98 Å². The van der Waals surface area contributed by atoms with Crippen molar-refractivity contribution < 1.29 is 14.6 Å². The predicted molar refractivity (Wildman–Crippen MR) is 76.4 cm³/mol. The first-order chi connectivity index (χ1) is 9.54. The van der Waals surface area contributed by atoms with Crippen LogP contribution in [0.5, 0.6) is 0 Å². The summed E-state index contributed by atoms with van der Waals surface area (Å²) in [6, 6.07) is 11.5. The van der Waals surface area contributed by atoms with Gasteiger partial charge in [-0.05, 0) is 36.6 Å². The largest absolute Gasteiger partial charge is 0.464 e. The highest BCUT2D eigenvalue weighted by molar-refractivity contribution is 5.91.